The molecule has 2 aromatic rings. The van der Waals surface area contributed by atoms with Gasteiger partial charge in [0.25, 0.3) is 0 Å². The molecule has 1 unspecified atom stereocenters. The summed E-state index contributed by atoms with van der Waals surface area (Å²) in [4.78, 5) is 4.64. The molecule has 1 aromatic heterocycles. The van der Waals surface area contributed by atoms with Crippen molar-refractivity contribution in [3.8, 4) is 11.3 Å². The van der Waals surface area contributed by atoms with E-state index >= 15 is 0 Å². The molecule has 0 spiro atoms. The van der Waals surface area contributed by atoms with Crippen molar-refractivity contribution >= 4 is 15.9 Å². The van der Waals surface area contributed by atoms with Crippen LogP contribution in [0.5, 0.6) is 0 Å². The van der Waals surface area contributed by atoms with Gasteiger partial charge in [0.2, 0.25) is 0 Å². The predicted octanol–water partition coefficient (Wildman–Crippen LogP) is 2.62. The van der Waals surface area contributed by atoms with Crippen LogP contribution < -0.4 is 0 Å². The Balaban J connectivity index is 2.03. The second kappa shape index (κ2) is 4.27. The number of hydrogen-bond donors (Lipinski definition) is 1. The summed E-state index contributed by atoms with van der Waals surface area (Å²) < 4.78 is 3.11. The van der Waals surface area contributed by atoms with Crippen molar-refractivity contribution in [2.45, 2.75) is 25.5 Å². The summed E-state index contributed by atoms with van der Waals surface area (Å²) in [6, 6.07) is 8.07. The molecule has 88 valence electrons. The number of halogens is 1. The molecule has 3 nitrogen and oxygen atoms in total. The van der Waals surface area contributed by atoms with Gasteiger partial charge in [0.1, 0.15) is 5.82 Å². The van der Waals surface area contributed by atoms with E-state index < -0.39 is 0 Å². The molecule has 3 rings (SSSR count). The third-order valence-electron chi connectivity index (χ3n) is 3.12. The molecule has 1 aromatic carbocycles. The lowest BCUT2D eigenvalue weighted by Gasteiger charge is -2.18. The Morgan fingerprint density at radius 3 is 3.00 bits per heavy atom. The molecule has 0 fully saturated rings. The number of aromatic nitrogens is 2. The number of benzene rings is 1. The maximum Gasteiger partial charge on any atom is 0.109 e. The Labute approximate surface area is 108 Å². The Morgan fingerprint density at radius 1 is 1.35 bits per heavy atom. The van der Waals surface area contributed by atoms with Crippen LogP contribution in [0.4, 0.5) is 0 Å². The smallest absolute Gasteiger partial charge is 0.109 e. The van der Waals surface area contributed by atoms with Gasteiger partial charge < -0.3 is 9.67 Å². The van der Waals surface area contributed by atoms with Crippen LogP contribution in [0, 0.1) is 0 Å². The molecule has 0 amide bonds. The monoisotopic (exact) mass is 292 g/mol. The van der Waals surface area contributed by atoms with E-state index in [-0.39, 0.29) is 6.10 Å². The average Bonchev–Trinajstić information content (AvgIpc) is 2.72. The lowest BCUT2D eigenvalue weighted by Crippen LogP contribution is -2.23. The summed E-state index contributed by atoms with van der Waals surface area (Å²) >= 11 is 3.54. The number of aryl methyl sites for hydroxylation is 1. The van der Waals surface area contributed by atoms with Crippen molar-refractivity contribution in [1.29, 1.82) is 0 Å². The van der Waals surface area contributed by atoms with E-state index in [1.54, 1.807) is 0 Å². The number of aliphatic hydroxyl groups is 1. The van der Waals surface area contributed by atoms with Crippen molar-refractivity contribution in [2.24, 2.45) is 0 Å². The van der Waals surface area contributed by atoms with E-state index in [9.17, 15) is 5.11 Å². The summed E-state index contributed by atoms with van der Waals surface area (Å²) in [5.74, 6) is 1.07. The van der Waals surface area contributed by atoms with E-state index in [0.29, 0.717) is 6.54 Å². The van der Waals surface area contributed by atoms with Crippen LogP contribution in [0.15, 0.2) is 34.9 Å². The zero-order valence-corrected chi connectivity index (χ0v) is 10.9. The van der Waals surface area contributed by atoms with Gasteiger partial charge in [-0.2, -0.15) is 0 Å². The number of aliphatic hydroxyl groups excluding tert-OH is 1. The highest BCUT2D eigenvalue weighted by molar-refractivity contribution is 9.10. The van der Waals surface area contributed by atoms with Crippen LogP contribution in [0.1, 0.15) is 12.2 Å². The SMILES string of the molecule is OC1CCc2nc(-c3ccccc3Br)cn2C1. The number of imidazole rings is 1. The van der Waals surface area contributed by atoms with Gasteiger partial charge in [-0.15, -0.1) is 0 Å². The van der Waals surface area contributed by atoms with Gasteiger partial charge in [-0.05, 0) is 12.5 Å². The summed E-state index contributed by atoms with van der Waals surface area (Å²) in [5, 5.41) is 9.63. The van der Waals surface area contributed by atoms with E-state index in [0.717, 1.165) is 34.4 Å². The van der Waals surface area contributed by atoms with Crippen molar-refractivity contribution < 1.29 is 5.11 Å². The van der Waals surface area contributed by atoms with Crippen LogP contribution in [0.3, 0.4) is 0 Å². The zero-order valence-electron chi connectivity index (χ0n) is 9.31. The fraction of sp³-hybridized carbons (Fsp3) is 0.308. The van der Waals surface area contributed by atoms with Gasteiger partial charge >= 0.3 is 0 Å². The normalized spacial score (nSPS) is 19.1. The highest BCUT2D eigenvalue weighted by Gasteiger charge is 2.19. The number of nitrogens with zero attached hydrogens (tertiary/aromatic N) is 2. The molecule has 1 aliphatic rings. The maximum atomic E-state index is 9.63. The molecule has 1 aliphatic heterocycles. The number of hydrogen-bond acceptors (Lipinski definition) is 2. The first-order chi connectivity index (χ1) is 8.24. The van der Waals surface area contributed by atoms with Gasteiger partial charge in [0.05, 0.1) is 11.8 Å². The van der Waals surface area contributed by atoms with Crippen molar-refractivity contribution in [2.75, 3.05) is 0 Å². The number of fused-ring (bicyclic) bond motifs is 1. The van der Waals surface area contributed by atoms with E-state index in [1.165, 1.54) is 0 Å². The van der Waals surface area contributed by atoms with Gasteiger partial charge in [-0.25, -0.2) is 4.98 Å². The minimum Gasteiger partial charge on any atom is -0.391 e. The zero-order chi connectivity index (χ0) is 11.8. The second-order valence-electron chi connectivity index (χ2n) is 4.37. The molecule has 1 atom stereocenters. The quantitative estimate of drug-likeness (QED) is 0.877. The first kappa shape index (κ1) is 11.0. The molecule has 0 saturated carbocycles. The third-order valence-corrected chi connectivity index (χ3v) is 3.81. The third kappa shape index (κ3) is 2.03. The minimum atomic E-state index is -0.233. The second-order valence-corrected chi connectivity index (χ2v) is 5.22. The lowest BCUT2D eigenvalue weighted by atomic mass is 10.1. The standard InChI is InChI=1S/C13H13BrN2O/c14-11-4-2-1-3-10(11)12-8-16-7-9(17)5-6-13(16)15-12/h1-4,8-9,17H,5-7H2. The molecule has 1 N–H and O–H groups in total. The molecule has 0 bridgehead atoms. The highest BCUT2D eigenvalue weighted by atomic mass is 79.9. The predicted molar refractivity (Wildman–Crippen MR) is 69.7 cm³/mol. The van der Waals surface area contributed by atoms with Crippen LogP contribution in [-0.4, -0.2) is 20.8 Å². The summed E-state index contributed by atoms with van der Waals surface area (Å²) in [7, 11) is 0. The molecule has 0 radical (unpaired) electrons. The maximum absolute atomic E-state index is 9.63. The Bertz CT molecular complexity index is 550. The molecule has 17 heavy (non-hydrogen) atoms. The Hall–Kier alpha value is -1.13. The Morgan fingerprint density at radius 2 is 2.18 bits per heavy atom. The molecule has 0 saturated heterocycles. The summed E-state index contributed by atoms with van der Waals surface area (Å²) in [6.07, 6.45) is 3.46. The van der Waals surface area contributed by atoms with Gasteiger partial charge in [-0.1, -0.05) is 34.1 Å². The number of rotatable bonds is 1. The van der Waals surface area contributed by atoms with Gasteiger partial charge in [0, 0.05) is 29.2 Å². The first-order valence-electron chi connectivity index (χ1n) is 5.73. The van der Waals surface area contributed by atoms with Crippen molar-refractivity contribution in [1.82, 2.24) is 9.55 Å². The molecular formula is C13H13BrN2O. The average molecular weight is 293 g/mol. The van der Waals surface area contributed by atoms with Crippen LogP contribution >= 0.6 is 15.9 Å². The van der Waals surface area contributed by atoms with Gasteiger partial charge in [-0.3, -0.25) is 0 Å². The molecule has 0 aliphatic carbocycles. The van der Waals surface area contributed by atoms with E-state index in [2.05, 4.69) is 31.5 Å². The van der Waals surface area contributed by atoms with Gasteiger partial charge in [0.15, 0.2) is 0 Å². The van der Waals surface area contributed by atoms with Crippen LogP contribution in [-0.2, 0) is 13.0 Å². The fourth-order valence-corrected chi connectivity index (χ4v) is 2.71. The fourth-order valence-electron chi connectivity index (χ4n) is 2.22. The van der Waals surface area contributed by atoms with Crippen molar-refractivity contribution in [3.05, 3.63) is 40.8 Å². The first-order valence-corrected chi connectivity index (χ1v) is 6.52. The van der Waals surface area contributed by atoms with Crippen molar-refractivity contribution in [3.63, 3.8) is 0 Å². The Kier molecular flexibility index (Phi) is 2.76. The summed E-state index contributed by atoms with van der Waals surface area (Å²) in [6.45, 7) is 0.660. The summed E-state index contributed by atoms with van der Waals surface area (Å²) in [5.41, 5.74) is 2.07. The van der Waals surface area contributed by atoms with Crippen LogP contribution in [0.25, 0.3) is 11.3 Å². The topological polar surface area (TPSA) is 38.1 Å². The highest BCUT2D eigenvalue weighted by Crippen LogP contribution is 2.28. The molecule has 2 heterocycles. The molecular weight excluding hydrogens is 280 g/mol. The largest absolute Gasteiger partial charge is 0.391 e. The minimum absolute atomic E-state index is 0.233. The molecule has 4 heteroatoms. The van der Waals surface area contributed by atoms with Crippen LogP contribution in [0.2, 0.25) is 0 Å². The van der Waals surface area contributed by atoms with E-state index in [1.807, 2.05) is 24.4 Å². The van der Waals surface area contributed by atoms with E-state index in [4.69, 9.17) is 0 Å². The lowest BCUT2D eigenvalue weighted by molar-refractivity contribution is 0.130.